The molecule has 0 aliphatic carbocycles. The number of hydrogen-bond donors (Lipinski definition) is 0. The zero-order valence-corrected chi connectivity index (χ0v) is 8.38. The van der Waals surface area contributed by atoms with E-state index in [2.05, 4.69) is 0 Å². The van der Waals surface area contributed by atoms with Gasteiger partial charge < -0.3 is 14.2 Å². The third-order valence-corrected chi connectivity index (χ3v) is 1.96. The van der Waals surface area contributed by atoms with Crippen LogP contribution in [0.15, 0.2) is 12.1 Å². The van der Waals surface area contributed by atoms with Gasteiger partial charge in [-0.15, -0.1) is 0 Å². The zero-order valence-electron chi connectivity index (χ0n) is 8.38. The third kappa shape index (κ3) is 1.86. The molecule has 0 heterocycles. The summed E-state index contributed by atoms with van der Waals surface area (Å²) in [5.41, 5.74) is 0.978. The van der Waals surface area contributed by atoms with E-state index in [1.807, 2.05) is 19.1 Å². The first-order valence-corrected chi connectivity index (χ1v) is 3.99. The lowest BCUT2D eigenvalue weighted by Crippen LogP contribution is -1.94. The first-order chi connectivity index (χ1) is 6.22. The van der Waals surface area contributed by atoms with Gasteiger partial charge in [-0.2, -0.15) is 0 Å². The van der Waals surface area contributed by atoms with Crippen molar-refractivity contribution in [1.82, 2.24) is 0 Å². The van der Waals surface area contributed by atoms with Gasteiger partial charge in [0.15, 0.2) is 0 Å². The molecular weight excluding hydrogens is 168 g/mol. The Kier molecular flexibility index (Phi) is 3.01. The van der Waals surface area contributed by atoms with Crippen molar-refractivity contribution < 1.29 is 14.2 Å². The summed E-state index contributed by atoms with van der Waals surface area (Å²) < 4.78 is 15.4. The molecule has 0 N–H and O–H groups in total. The van der Waals surface area contributed by atoms with Crippen molar-refractivity contribution in [3.63, 3.8) is 0 Å². The van der Waals surface area contributed by atoms with E-state index in [0.717, 1.165) is 22.8 Å². The molecule has 3 heteroatoms. The molecule has 0 amide bonds. The first-order valence-electron chi connectivity index (χ1n) is 3.99. The van der Waals surface area contributed by atoms with Crippen LogP contribution in [-0.4, -0.2) is 21.3 Å². The molecule has 0 atom stereocenters. The zero-order chi connectivity index (χ0) is 9.84. The lowest BCUT2D eigenvalue weighted by atomic mass is 10.2. The summed E-state index contributed by atoms with van der Waals surface area (Å²) in [6, 6.07) is 3.66. The van der Waals surface area contributed by atoms with Gasteiger partial charge in [0.2, 0.25) is 0 Å². The van der Waals surface area contributed by atoms with E-state index in [9.17, 15) is 0 Å². The van der Waals surface area contributed by atoms with Crippen LogP contribution in [0.4, 0.5) is 0 Å². The second-order valence-corrected chi connectivity index (χ2v) is 2.66. The summed E-state index contributed by atoms with van der Waals surface area (Å²) in [7, 11) is 4.87. The predicted octanol–water partition coefficient (Wildman–Crippen LogP) is 2.02. The maximum atomic E-state index is 5.17. The molecule has 72 valence electrons. The van der Waals surface area contributed by atoms with Gasteiger partial charge in [-0.1, -0.05) is 0 Å². The summed E-state index contributed by atoms with van der Waals surface area (Å²) in [6.45, 7) is 1.94. The fourth-order valence-corrected chi connectivity index (χ4v) is 1.18. The quantitative estimate of drug-likeness (QED) is 0.715. The Labute approximate surface area is 78.2 Å². The van der Waals surface area contributed by atoms with Gasteiger partial charge in [-0.25, -0.2) is 0 Å². The molecule has 0 unspecified atom stereocenters. The smallest absolute Gasteiger partial charge is 0.129 e. The fourth-order valence-electron chi connectivity index (χ4n) is 1.18. The van der Waals surface area contributed by atoms with E-state index in [-0.39, 0.29) is 0 Å². The molecule has 0 aliphatic rings. The molecule has 0 radical (unpaired) electrons. The minimum absolute atomic E-state index is 0.735. The lowest BCUT2D eigenvalue weighted by molar-refractivity contribution is 0.371. The van der Waals surface area contributed by atoms with Crippen molar-refractivity contribution in [3.8, 4) is 17.2 Å². The average Bonchev–Trinajstić information content (AvgIpc) is 2.18. The van der Waals surface area contributed by atoms with Crippen LogP contribution in [0, 0.1) is 6.92 Å². The molecule has 0 aromatic heterocycles. The van der Waals surface area contributed by atoms with Crippen molar-refractivity contribution in [1.29, 1.82) is 0 Å². The molecule has 0 saturated carbocycles. The van der Waals surface area contributed by atoms with Gasteiger partial charge in [0.25, 0.3) is 0 Å². The van der Waals surface area contributed by atoms with Crippen molar-refractivity contribution in [2.75, 3.05) is 21.3 Å². The number of benzene rings is 1. The molecule has 1 rings (SSSR count). The Morgan fingerprint density at radius 2 is 1.31 bits per heavy atom. The third-order valence-electron chi connectivity index (χ3n) is 1.96. The molecule has 0 spiro atoms. The first kappa shape index (κ1) is 9.71. The Bertz CT molecular complexity index is 269. The summed E-state index contributed by atoms with van der Waals surface area (Å²) in [4.78, 5) is 0. The standard InChI is InChI=1S/C10H14O3/c1-7-9(12-3)5-8(11-2)6-10(7)13-4/h5-6H,1-4H3. The van der Waals surface area contributed by atoms with E-state index in [0.29, 0.717) is 0 Å². The summed E-state index contributed by atoms with van der Waals surface area (Å²) in [5, 5.41) is 0. The highest BCUT2D eigenvalue weighted by molar-refractivity contribution is 5.49. The van der Waals surface area contributed by atoms with Gasteiger partial charge in [0.1, 0.15) is 17.2 Å². The highest BCUT2D eigenvalue weighted by Gasteiger charge is 2.07. The van der Waals surface area contributed by atoms with Gasteiger partial charge >= 0.3 is 0 Å². The van der Waals surface area contributed by atoms with Crippen LogP contribution < -0.4 is 14.2 Å². The molecule has 1 aromatic rings. The van der Waals surface area contributed by atoms with Crippen molar-refractivity contribution in [3.05, 3.63) is 17.7 Å². The van der Waals surface area contributed by atoms with Crippen LogP contribution >= 0.6 is 0 Å². The number of rotatable bonds is 3. The Morgan fingerprint density at radius 3 is 1.62 bits per heavy atom. The second kappa shape index (κ2) is 4.03. The maximum Gasteiger partial charge on any atom is 0.129 e. The molecule has 1 aromatic carbocycles. The van der Waals surface area contributed by atoms with E-state index in [4.69, 9.17) is 14.2 Å². The fraction of sp³-hybridized carbons (Fsp3) is 0.400. The van der Waals surface area contributed by atoms with Gasteiger partial charge in [0, 0.05) is 17.7 Å². The van der Waals surface area contributed by atoms with Crippen LogP contribution in [0.3, 0.4) is 0 Å². The topological polar surface area (TPSA) is 27.7 Å². The van der Waals surface area contributed by atoms with E-state index >= 15 is 0 Å². The maximum absolute atomic E-state index is 5.17. The summed E-state index contributed by atoms with van der Waals surface area (Å²) in [6.07, 6.45) is 0. The minimum atomic E-state index is 0.735. The minimum Gasteiger partial charge on any atom is -0.496 e. The normalized spacial score (nSPS) is 9.54. The lowest BCUT2D eigenvalue weighted by Gasteiger charge is -2.11. The van der Waals surface area contributed by atoms with Crippen LogP contribution in [0.2, 0.25) is 0 Å². The molecule has 0 fully saturated rings. The van der Waals surface area contributed by atoms with Gasteiger partial charge in [-0.05, 0) is 6.92 Å². The SMILES string of the molecule is COc1cc(OC)c(C)c(OC)c1. The van der Waals surface area contributed by atoms with Crippen LogP contribution in [0.5, 0.6) is 17.2 Å². The van der Waals surface area contributed by atoms with Gasteiger partial charge in [-0.3, -0.25) is 0 Å². The van der Waals surface area contributed by atoms with Crippen LogP contribution in [0.1, 0.15) is 5.56 Å². The van der Waals surface area contributed by atoms with E-state index in [1.54, 1.807) is 21.3 Å². The summed E-state index contributed by atoms with van der Waals surface area (Å²) in [5.74, 6) is 2.28. The second-order valence-electron chi connectivity index (χ2n) is 2.66. The van der Waals surface area contributed by atoms with Crippen molar-refractivity contribution in [2.24, 2.45) is 0 Å². The predicted molar refractivity (Wildman–Crippen MR) is 50.8 cm³/mol. The number of ether oxygens (including phenoxy) is 3. The Hall–Kier alpha value is -1.38. The number of hydrogen-bond acceptors (Lipinski definition) is 3. The monoisotopic (exact) mass is 182 g/mol. The van der Waals surface area contributed by atoms with Crippen LogP contribution in [-0.2, 0) is 0 Å². The number of methoxy groups -OCH3 is 3. The molecule has 3 nitrogen and oxygen atoms in total. The van der Waals surface area contributed by atoms with Crippen LogP contribution in [0.25, 0.3) is 0 Å². The van der Waals surface area contributed by atoms with Gasteiger partial charge in [0.05, 0.1) is 21.3 Å². The van der Waals surface area contributed by atoms with Crippen molar-refractivity contribution >= 4 is 0 Å². The molecule has 0 bridgehead atoms. The average molecular weight is 182 g/mol. The Balaban J connectivity index is 3.20. The molecular formula is C10H14O3. The largest absolute Gasteiger partial charge is 0.496 e. The molecule has 0 saturated heterocycles. The highest BCUT2D eigenvalue weighted by atomic mass is 16.5. The van der Waals surface area contributed by atoms with Crippen molar-refractivity contribution in [2.45, 2.75) is 6.92 Å². The summed E-state index contributed by atoms with van der Waals surface area (Å²) >= 11 is 0. The van der Waals surface area contributed by atoms with E-state index in [1.165, 1.54) is 0 Å². The highest BCUT2D eigenvalue weighted by Crippen LogP contribution is 2.32. The Morgan fingerprint density at radius 1 is 0.846 bits per heavy atom. The molecule has 0 aliphatic heterocycles. The molecule has 13 heavy (non-hydrogen) atoms. The van der Waals surface area contributed by atoms with E-state index < -0.39 is 0 Å².